The molecule has 4 heteroatoms. The second-order valence-corrected chi connectivity index (χ2v) is 5.76. The average molecular weight is 269 g/mol. The predicted molar refractivity (Wildman–Crippen MR) is 74.9 cm³/mol. The Morgan fingerprint density at radius 3 is 2.37 bits per heavy atom. The molecule has 19 heavy (non-hydrogen) atoms. The quantitative estimate of drug-likeness (QED) is 0.712. The molecule has 0 aromatic carbocycles. The van der Waals surface area contributed by atoms with Gasteiger partial charge in [-0.2, -0.15) is 0 Å². The summed E-state index contributed by atoms with van der Waals surface area (Å²) < 4.78 is 0. The van der Waals surface area contributed by atoms with E-state index in [-0.39, 0.29) is 11.8 Å². The molecule has 0 bridgehead atoms. The monoisotopic (exact) mass is 269 g/mol. The van der Waals surface area contributed by atoms with Crippen LogP contribution in [0, 0.1) is 11.3 Å². The summed E-state index contributed by atoms with van der Waals surface area (Å²) in [4.78, 5) is 23.5. The molecular weight excluding hydrogens is 242 g/mol. The number of hydrogen-bond donors (Lipinski definition) is 2. The van der Waals surface area contributed by atoms with Crippen LogP contribution < -0.4 is 5.32 Å². The Hall–Kier alpha value is -1.06. The van der Waals surface area contributed by atoms with Gasteiger partial charge in [-0.3, -0.25) is 9.59 Å². The fourth-order valence-electron chi connectivity index (χ4n) is 2.89. The predicted octanol–water partition coefficient (Wildman–Crippen LogP) is 2.96. The lowest BCUT2D eigenvalue weighted by atomic mass is 9.86. The van der Waals surface area contributed by atoms with Crippen LogP contribution >= 0.6 is 0 Å². The summed E-state index contributed by atoms with van der Waals surface area (Å²) in [5, 5.41) is 12.2. The van der Waals surface area contributed by atoms with Crippen LogP contribution in [-0.2, 0) is 9.59 Å². The third-order valence-corrected chi connectivity index (χ3v) is 4.39. The number of carboxylic acids is 1. The molecule has 110 valence electrons. The molecule has 1 fully saturated rings. The van der Waals surface area contributed by atoms with E-state index >= 15 is 0 Å². The van der Waals surface area contributed by atoms with E-state index in [4.69, 9.17) is 0 Å². The minimum Gasteiger partial charge on any atom is -0.481 e. The van der Waals surface area contributed by atoms with Crippen molar-refractivity contribution in [2.75, 3.05) is 6.54 Å². The smallest absolute Gasteiger partial charge is 0.311 e. The minimum absolute atomic E-state index is 0.0310. The van der Waals surface area contributed by atoms with Gasteiger partial charge in [-0.25, -0.2) is 0 Å². The molecule has 0 radical (unpaired) electrons. The number of hydrogen-bond acceptors (Lipinski definition) is 2. The van der Waals surface area contributed by atoms with E-state index in [9.17, 15) is 14.7 Å². The summed E-state index contributed by atoms with van der Waals surface area (Å²) in [5.41, 5.74) is -0.710. The summed E-state index contributed by atoms with van der Waals surface area (Å²) in [6.45, 7) is 4.43. The van der Waals surface area contributed by atoms with Crippen molar-refractivity contribution in [3.8, 4) is 0 Å². The van der Waals surface area contributed by atoms with E-state index in [0.717, 1.165) is 38.5 Å². The maximum absolute atomic E-state index is 12.1. The van der Waals surface area contributed by atoms with Crippen molar-refractivity contribution in [3.05, 3.63) is 0 Å². The van der Waals surface area contributed by atoms with Gasteiger partial charge in [-0.1, -0.05) is 39.5 Å². The highest BCUT2D eigenvalue weighted by molar-refractivity contribution is 5.80. The molecule has 0 heterocycles. The van der Waals surface area contributed by atoms with E-state index in [2.05, 4.69) is 12.2 Å². The van der Waals surface area contributed by atoms with Gasteiger partial charge in [-0.05, 0) is 25.7 Å². The van der Waals surface area contributed by atoms with Gasteiger partial charge in [0.1, 0.15) is 0 Å². The van der Waals surface area contributed by atoms with Crippen LogP contribution in [0.4, 0.5) is 0 Å². The second-order valence-electron chi connectivity index (χ2n) is 5.76. The van der Waals surface area contributed by atoms with Gasteiger partial charge < -0.3 is 10.4 Å². The van der Waals surface area contributed by atoms with Crippen LogP contribution in [0.1, 0.15) is 65.2 Å². The van der Waals surface area contributed by atoms with Crippen LogP contribution in [0.5, 0.6) is 0 Å². The largest absolute Gasteiger partial charge is 0.481 e. The normalized spacial score (nSPS) is 19.1. The molecule has 0 aromatic rings. The minimum atomic E-state index is -0.757. The number of nitrogens with one attached hydrogen (secondary N) is 1. The van der Waals surface area contributed by atoms with Crippen molar-refractivity contribution in [1.82, 2.24) is 5.32 Å². The number of amides is 1. The zero-order valence-electron chi connectivity index (χ0n) is 12.2. The first kappa shape index (κ1) is 16.0. The number of rotatable bonds is 8. The van der Waals surface area contributed by atoms with Gasteiger partial charge in [0.2, 0.25) is 5.91 Å². The third kappa shape index (κ3) is 4.22. The highest BCUT2D eigenvalue weighted by Gasteiger charge is 2.41. The molecular formula is C15H27NO3. The molecule has 0 saturated heterocycles. The maximum Gasteiger partial charge on any atom is 0.311 e. The first-order valence-electron chi connectivity index (χ1n) is 7.57. The van der Waals surface area contributed by atoms with Gasteiger partial charge in [0.15, 0.2) is 0 Å². The van der Waals surface area contributed by atoms with Crippen molar-refractivity contribution in [1.29, 1.82) is 0 Å². The lowest BCUT2D eigenvalue weighted by Crippen LogP contribution is -2.43. The Morgan fingerprint density at radius 2 is 1.89 bits per heavy atom. The van der Waals surface area contributed by atoms with E-state index in [0.29, 0.717) is 19.4 Å². The van der Waals surface area contributed by atoms with Gasteiger partial charge >= 0.3 is 5.97 Å². The highest BCUT2D eigenvalue weighted by atomic mass is 16.4. The average Bonchev–Trinajstić information content (AvgIpc) is 2.87. The summed E-state index contributed by atoms with van der Waals surface area (Å²) >= 11 is 0. The molecule has 4 nitrogen and oxygen atoms in total. The zero-order chi connectivity index (χ0) is 14.3. The Kier molecular flexibility index (Phi) is 6.32. The Bertz CT molecular complexity index is 309. The fraction of sp³-hybridized carbons (Fsp3) is 0.867. The van der Waals surface area contributed by atoms with Crippen LogP contribution in [0.15, 0.2) is 0 Å². The van der Waals surface area contributed by atoms with Crippen molar-refractivity contribution >= 4 is 11.9 Å². The van der Waals surface area contributed by atoms with Gasteiger partial charge in [0.05, 0.1) is 5.41 Å². The van der Waals surface area contributed by atoms with Gasteiger partial charge in [0, 0.05) is 12.5 Å². The van der Waals surface area contributed by atoms with Gasteiger partial charge in [-0.15, -0.1) is 0 Å². The van der Waals surface area contributed by atoms with E-state index < -0.39 is 11.4 Å². The fourth-order valence-corrected chi connectivity index (χ4v) is 2.89. The summed E-state index contributed by atoms with van der Waals surface area (Å²) in [6.07, 6.45) is 7.15. The lowest BCUT2D eigenvalue weighted by Gasteiger charge is -2.25. The maximum atomic E-state index is 12.1. The molecule has 0 aliphatic heterocycles. The molecule has 1 atom stereocenters. The highest BCUT2D eigenvalue weighted by Crippen LogP contribution is 2.37. The molecule has 2 N–H and O–H groups in total. The first-order chi connectivity index (χ1) is 9.05. The number of carbonyl (C=O) groups is 2. The van der Waals surface area contributed by atoms with E-state index in [1.807, 2.05) is 6.92 Å². The number of unbranched alkanes of at least 4 members (excludes halogenated alkanes) is 1. The van der Waals surface area contributed by atoms with E-state index in [1.54, 1.807) is 0 Å². The van der Waals surface area contributed by atoms with Crippen LogP contribution in [0.25, 0.3) is 0 Å². The molecule has 1 aliphatic carbocycles. The van der Waals surface area contributed by atoms with Crippen LogP contribution in [-0.4, -0.2) is 23.5 Å². The molecule has 1 unspecified atom stereocenters. The SMILES string of the molecule is CCCCC(CC)C(=O)NCC1(C(=O)O)CCCC1. The number of aliphatic carboxylic acids is 1. The molecule has 1 aliphatic rings. The Morgan fingerprint density at radius 1 is 1.26 bits per heavy atom. The molecule has 1 amide bonds. The summed E-state index contributed by atoms with van der Waals surface area (Å²) in [7, 11) is 0. The third-order valence-electron chi connectivity index (χ3n) is 4.39. The topological polar surface area (TPSA) is 66.4 Å². The lowest BCUT2D eigenvalue weighted by molar-refractivity contribution is -0.148. The summed E-state index contributed by atoms with van der Waals surface area (Å²) in [5.74, 6) is -0.692. The summed E-state index contributed by atoms with van der Waals surface area (Å²) in [6, 6.07) is 0. The second kappa shape index (κ2) is 7.51. The zero-order valence-corrected chi connectivity index (χ0v) is 12.2. The molecule has 0 aromatic heterocycles. The van der Waals surface area contributed by atoms with Crippen molar-refractivity contribution < 1.29 is 14.7 Å². The molecule has 1 rings (SSSR count). The van der Waals surface area contributed by atoms with Crippen LogP contribution in [0.3, 0.4) is 0 Å². The first-order valence-corrected chi connectivity index (χ1v) is 7.57. The van der Waals surface area contributed by atoms with Crippen LogP contribution in [0.2, 0.25) is 0 Å². The Balaban J connectivity index is 2.49. The van der Waals surface area contributed by atoms with Crippen molar-refractivity contribution in [3.63, 3.8) is 0 Å². The standard InChI is InChI=1S/C15H27NO3/c1-3-5-8-12(4-2)13(17)16-11-15(14(18)19)9-6-7-10-15/h12H,3-11H2,1-2H3,(H,16,17)(H,18,19). The van der Waals surface area contributed by atoms with Gasteiger partial charge in [0.25, 0.3) is 0 Å². The molecule has 0 spiro atoms. The molecule has 1 saturated carbocycles. The number of carbonyl (C=O) groups excluding carboxylic acids is 1. The van der Waals surface area contributed by atoms with Crippen molar-refractivity contribution in [2.45, 2.75) is 65.2 Å². The van der Waals surface area contributed by atoms with E-state index in [1.165, 1.54) is 0 Å². The van der Waals surface area contributed by atoms with Crippen molar-refractivity contribution in [2.24, 2.45) is 11.3 Å². The Labute approximate surface area is 116 Å². The number of carboxylic acid groups (broad SMARTS) is 1.